The summed E-state index contributed by atoms with van der Waals surface area (Å²) in [5.41, 5.74) is -1.59. The van der Waals surface area contributed by atoms with Gasteiger partial charge in [-0.2, -0.15) is 0 Å². The highest BCUT2D eigenvalue weighted by Gasteiger charge is 2.51. The Hall–Kier alpha value is -1.08. The van der Waals surface area contributed by atoms with Gasteiger partial charge in [0.25, 0.3) is 0 Å². The van der Waals surface area contributed by atoms with E-state index < -0.39 is 23.6 Å². The predicted molar refractivity (Wildman–Crippen MR) is 101 cm³/mol. The number of unbranched alkanes of at least 4 members (excludes halogenated alkanes) is 4. The van der Waals surface area contributed by atoms with Gasteiger partial charge in [0, 0.05) is 20.0 Å². The van der Waals surface area contributed by atoms with E-state index in [2.05, 4.69) is 37.5 Å². The minimum Gasteiger partial charge on any atom is -0.365 e. The molecule has 1 aliphatic heterocycles. The molecule has 0 spiro atoms. The lowest BCUT2D eigenvalue weighted by Gasteiger charge is -2.26. The lowest BCUT2D eigenvalue weighted by molar-refractivity contribution is -0.161. The molecule has 1 rings (SSSR count). The van der Waals surface area contributed by atoms with Crippen LogP contribution in [-0.4, -0.2) is 49.2 Å². The Morgan fingerprint density at radius 3 is 2.12 bits per heavy atom. The zero-order chi connectivity index (χ0) is 19.5. The van der Waals surface area contributed by atoms with Crippen LogP contribution in [0.15, 0.2) is 0 Å². The summed E-state index contributed by atoms with van der Waals surface area (Å²) in [6.45, 7) is 8.22. The molecule has 0 aromatic heterocycles. The minimum atomic E-state index is -1.59. The van der Waals surface area contributed by atoms with Gasteiger partial charge in [-0.15, -0.1) is 0 Å². The lowest BCUT2D eigenvalue weighted by atomic mass is 9.93. The van der Waals surface area contributed by atoms with Crippen molar-refractivity contribution in [3.8, 4) is 23.7 Å². The van der Waals surface area contributed by atoms with Gasteiger partial charge >= 0.3 is 0 Å². The van der Waals surface area contributed by atoms with E-state index in [-0.39, 0.29) is 13.4 Å². The van der Waals surface area contributed by atoms with Gasteiger partial charge < -0.3 is 24.1 Å². The highest BCUT2D eigenvalue weighted by molar-refractivity contribution is 5.33. The minimum absolute atomic E-state index is 0.149. The monoisotopic (exact) mass is 366 g/mol. The number of hydrogen-bond donors (Lipinski definition) is 1. The summed E-state index contributed by atoms with van der Waals surface area (Å²) < 4.78 is 22.2. The van der Waals surface area contributed by atoms with Gasteiger partial charge in [-0.05, 0) is 26.7 Å². The second kappa shape index (κ2) is 11.6. The maximum Gasteiger partial charge on any atom is 0.217 e. The molecule has 0 aromatic rings. The first-order valence-electron chi connectivity index (χ1n) is 9.53. The summed E-state index contributed by atoms with van der Waals surface area (Å²) >= 11 is 0. The molecule has 0 unspecified atom stereocenters. The molecular formula is C21H34O5. The molecular weight excluding hydrogens is 332 g/mol. The molecule has 2 atom stereocenters. The van der Waals surface area contributed by atoms with Crippen molar-refractivity contribution in [3.05, 3.63) is 0 Å². The smallest absolute Gasteiger partial charge is 0.217 e. The van der Waals surface area contributed by atoms with Crippen molar-refractivity contribution < 1.29 is 24.1 Å². The van der Waals surface area contributed by atoms with E-state index in [0.29, 0.717) is 0 Å². The van der Waals surface area contributed by atoms with Crippen molar-refractivity contribution >= 4 is 0 Å². The van der Waals surface area contributed by atoms with Crippen molar-refractivity contribution in [3.63, 3.8) is 0 Å². The first kappa shape index (κ1) is 23.0. The SMILES string of the molecule is CCCCC#CC(O)(C#CCCCC)[C@@H]1OC(C)(C)O[C@H]1COCOC. The number of ether oxygens (including phenoxy) is 4. The van der Waals surface area contributed by atoms with Crippen LogP contribution in [0.2, 0.25) is 0 Å². The number of methoxy groups -OCH3 is 1. The highest BCUT2D eigenvalue weighted by atomic mass is 16.8. The van der Waals surface area contributed by atoms with Gasteiger partial charge in [-0.25, -0.2) is 0 Å². The largest absolute Gasteiger partial charge is 0.365 e. The van der Waals surface area contributed by atoms with Gasteiger partial charge in [0.15, 0.2) is 5.79 Å². The van der Waals surface area contributed by atoms with E-state index in [4.69, 9.17) is 18.9 Å². The maximum atomic E-state index is 11.2. The van der Waals surface area contributed by atoms with E-state index in [0.717, 1.165) is 38.5 Å². The van der Waals surface area contributed by atoms with Crippen LogP contribution in [0.5, 0.6) is 0 Å². The van der Waals surface area contributed by atoms with Crippen LogP contribution in [0, 0.1) is 23.7 Å². The Morgan fingerprint density at radius 2 is 1.62 bits per heavy atom. The Bertz CT molecular complexity index is 494. The lowest BCUT2D eigenvalue weighted by Crippen LogP contribution is -2.47. The molecule has 0 amide bonds. The molecule has 0 radical (unpaired) electrons. The zero-order valence-electron chi connectivity index (χ0n) is 16.9. The topological polar surface area (TPSA) is 57.2 Å². The van der Waals surface area contributed by atoms with E-state index in [1.54, 1.807) is 7.11 Å². The van der Waals surface area contributed by atoms with Gasteiger partial charge in [0.05, 0.1) is 6.61 Å². The molecule has 0 bridgehead atoms. The Balaban J connectivity index is 3.01. The van der Waals surface area contributed by atoms with Crippen LogP contribution in [0.3, 0.4) is 0 Å². The van der Waals surface area contributed by atoms with Gasteiger partial charge in [0.1, 0.15) is 19.0 Å². The molecule has 1 aliphatic rings. The molecule has 0 aromatic carbocycles. The second-order valence-electron chi connectivity index (χ2n) is 6.95. The van der Waals surface area contributed by atoms with Gasteiger partial charge in [-0.1, -0.05) is 50.4 Å². The van der Waals surface area contributed by atoms with Gasteiger partial charge in [0.2, 0.25) is 5.60 Å². The average Bonchev–Trinajstić information content (AvgIpc) is 2.91. The van der Waals surface area contributed by atoms with E-state index >= 15 is 0 Å². The summed E-state index contributed by atoms with van der Waals surface area (Å²) in [4.78, 5) is 0. The van der Waals surface area contributed by atoms with Crippen LogP contribution in [0.25, 0.3) is 0 Å². The molecule has 1 fully saturated rings. The summed E-state index contributed by atoms with van der Waals surface area (Å²) in [5.74, 6) is 11.2. The highest BCUT2D eigenvalue weighted by Crippen LogP contribution is 2.34. The van der Waals surface area contributed by atoms with E-state index in [1.807, 2.05) is 13.8 Å². The molecule has 1 saturated heterocycles. The second-order valence-corrected chi connectivity index (χ2v) is 6.95. The fourth-order valence-electron chi connectivity index (χ4n) is 2.66. The van der Waals surface area contributed by atoms with Crippen molar-refractivity contribution in [2.45, 2.75) is 89.8 Å². The predicted octanol–water partition coefficient (Wildman–Crippen LogP) is 3.25. The maximum absolute atomic E-state index is 11.2. The summed E-state index contributed by atoms with van der Waals surface area (Å²) in [6, 6.07) is 0. The normalized spacial score (nSPS) is 21.6. The molecule has 26 heavy (non-hydrogen) atoms. The van der Waals surface area contributed by atoms with Crippen molar-refractivity contribution in [1.29, 1.82) is 0 Å². The van der Waals surface area contributed by atoms with Crippen LogP contribution in [0.1, 0.15) is 66.2 Å². The zero-order valence-corrected chi connectivity index (χ0v) is 16.9. The third-order valence-corrected chi connectivity index (χ3v) is 3.95. The quantitative estimate of drug-likeness (QED) is 0.386. The van der Waals surface area contributed by atoms with Crippen LogP contribution < -0.4 is 0 Å². The molecule has 148 valence electrons. The molecule has 1 N–H and O–H groups in total. The van der Waals surface area contributed by atoms with Crippen LogP contribution in [-0.2, 0) is 18.9 Å². The average molecular weight is 366 g/mol. The summed E-state index contributed by atoms with van der Waals surface area (Å²) in [6.07, 6.45) is 4.33. The van der Waals surface area contributed by atoms with Gasteiger partial charge in [-0.3, -0.25) is 0 Å². The molecule has 0 saturated carbocycles. The fourth-order valence-corrected chi connectivity index (χ4v) is 2.66. The number of rotatable bonds is 9. The third kappa shape index (κ3) is 7.66. The number of hydrogen-bond acceptors (Lipinski definition) is 5. The standard InChI is InChI=1S/C21H34O5/c1-6-8-10-12-14-21(22,15-13-11-9-7-2)19-18(16-24-17-23-5)25-20(3,4)26-19/h18-19,22H,6-11,16-17H2,1-5H3/t18-,19+/m0/s1. The Morgan fingerprint density at radius 1 is 1.04 bits per heavy atom. The summed E-state index contributed by atoms with van der Waals surface area (Å²) in [7, 11) is 1.56. The molecule has 0 aliphatic carbocycles. The molecule has 5 heteroatoms. The fraction of sp³-hybridized carbons (Fsp3) is 0.810. The van der Waals surface area contributed by atoms with E-state index in [1.165, 1.54) is 0 Å². The van der Waals surface area contributed by atoms with Crippen molar-refractivity contribution in [1.82, 2.24) is 0 Å². The van der Waals surface area contributed by atoms with Crippen LogP contribution in [0.4, 0.5) is 0 Å². The Labute approximate surface area is 158 Å². The van der Waals surface area contributed by atoms with E-state index in [9.17, 15) is 5.11 Å². The summed E-state index contributed by atoms with van der Waals surface area (Å²) in [5, 5.41) is 11.2. The van der Waals surface area contributed by atoms with Crippen molar-refractivity contribution in [2.24, 2.45) is 0 Å². The third-order valence-electron chi connectivity index (χ3n) is 3.95. The Kier molecular flexibility index (Phi) is 10.2. The van der Waals surface area contributed by atoms with Crippen LogP contribution >= 0.6 is 0 Å². The molecule has 5 nitrogen and oxygen atoms in total. The first-order valence-corrected chi connectivity index (χ1v) is 9.53. The number of aliphatic hydroxyl groups is 1. The first-order chi connectivity index (χ1) is 12.4. The van der Waals surface area contributed by atoms with Crippen molar-refractivity contribution in [2.75, 3.05) is 20.5 Å². The molecule has 1 heterocycles.